The van der Waals surface area contributed by atoms with Crippen molar-refractivity contribution in [2.75, 3.05) is 6.26 Å². The van der Waals surface area contributed by atoms with Crippen molar-refractivity contribution in [3.8, 4) is 0 Å². The Morgan fingerprint density at radius 1 is 1.33 bits per heavy atom. The molecule has 18 heavy (non-hydrogen) atoms. The highest BCUT2D eigenvalue weighted by Gasteiger charge is 2.15. The number of H-pyrrole nitrogens is 1. The maximum atomic E-state index is 11.7. The van der Waals surface area contributed by atoms with Crippen molar-refractivity contribution in [3.63, 3.8) is 0 Å². The smallest absolute Gasteiger partial charge is 0.177 e. The minimum Gasteiger partial charge on any atom is -0.352 e. The Balaban J connectivity index is 2.54. The van der Waals surface area contributed by atoms with E-state index in [2.05, 4.69) is 25.9 Å². The van der Waals surface area contributed by atoms with Crippen LogP contribution in [0.3, 0.4) is 0 Å². The first-order chi connectivity index (χ1) is 8.47. The normalized spacial score (nSPS) is 12.3. The molecular formula is C12H9BrN2O2S. The van der Waals surface area contributed by atoms with Gasteiger partial charge in [-0.15, -0.1) is 0 Å². The molecule has 92 valence electrons. The zero-order chi connectivity index (χ0) is 12.9. The lowest BCUT2D eigenvalue weighted by molar-refractivity contribution is 0.602. The zero-order valence-corrected chi connectivity index (χ0v) is 11.8. The molecule has 3 rings (SSSR count). The topological polar surface area (TPSA) is 62.8 Å². The van der Waals surface area contributed by atoms with Crippen molar-refractivity contribution in [3.05, 3.63) is 34.9 Å². The summed E-state index contributed by atoms with van der Waals surface area (Å²) in [4.78, 5) is 7.74. The van der Waals surface area contributed by atoms with E-state index in [1.165, 1.54) is 6.26 Å². The number of rotatable bonds is 1. The van der Waals surface area contributed by atoms with Gasteiger partial charge in [-0.25, -0.2) is 8.42 Å². The maximum absolute atomic E-state index is 11.7. The summed E-state index contributed by atoms with van der Waals surface area (Å²) >= 11 is 3.35. The zero-order valence-electron chi connectivity index (χ0n) is 9.44. The Bertz CT molecular complexity index is 868. The summed E-state index contributed by atoms with van der Waals surface area (Å²) in [5.41, 5.74) is 2.20. The lowest BCUT2D eigenvalue weighted by Gasteiger charge is -1.99. The third kappa shape index (κ3) is 1.72. The van der Waals surface area contributed by atoms with Crippen LogP contribution in [0, 0.1) is 0 Å². The van der Waals surface area contributed by atoms with Gasteiger partial charge in [-0.1, -0.05) is 12.1 Å². The number of sulfone groups is 1. The van der Waals surface area contributed by atoms with Crippen LogP contribution in [0.2, 0.25) is 0 Å². The number of pyridine rings is 1. The fraction of sp³-hybridized carbons (Fsp3) is 0.0833. The largest absolute Gasteiger partial charge is 0.352 e. The molecule has 4 nitrogen and oxygen atoms in total. The Kier molecular flexibility index (Phi) is 2.46. The Labute approximate surface area is 112 Å². The van der Waals surface area contributed by atoms with Gasteiger partial charge in [0.1, 0.15) is 0 Å². The van der Waals surface area contributed by atoms with E-state index < -0.39 is 9.84 Å². The van der Waals surface area contributed by atoms with Gasteiger partial charge in [-0.3, -0.25) is 4.98 Å². The fourth-order valence-electron chi connectivity index (χ4n) is 2.05. The monoisotopic (exact) mass is 324 g/mol. The van der Waals surface area contributed by atoms with Gasteiger partial charge in [-0.2, -0.15) is 0 Å². The number of hydrogen-bond donors (Lipinski definition) is 1. The molecule has 1 aromatic carbocycles. The summed E-state index contributed by atoms with van der Waals surface area (Å²) in [6.07, 6.45) is 2.90. The van der Waals surface area contributed by atoms with E-state index in [1.807, 2.05) is 12.1 Å². The minimum absolute atomic E-state index is 0.300. The van der Waals surface area contributed by atoms with Crippen molar-refractivity contribution in [1.82, 2.24) is 9.97 Å². The SMILES string of the molecule is CS(=O)(=O)c1cccc2c1[nH]c1cc(Br)cnc12. The molecule has 0 saturated carbocycles. The lowest BCUT2D eigenvalue weighted by atomic mass is 10.2. The molecular weight excluding hydrogens is 316 g/mol. The number of fused-ring (bicyclic) bond motifs is 3. The van der Waals surface area contributed by atoms with Crippen molar-refractivity contribution < 1.29 is 8.42 Å². The highest BCUT2D eigenvalue weighted by Crippen LogP contribution is 2.29. The van der Waals surface area contributed by atoms with Gasteiger partial charge < -0.3 is 4.98 Å². The standard InChI is InChI=1S/C12H9BrN2O2S/c1-18(16,17)10-4-2-3-8-11-9(15-12(8)10)5-7(13)6-14-11/h2-6,15H,1H3. The number of nitrogens with one attached hydrogen (secondary N) is 1. The first kappa shape index (κ1) is 11.7. The predicted octanol–water partition coefficient (Wildman–Crippen LogP) is 2.88. The van der Waals surface area contributed by atoms with Crippen LogP contribution in [-0.4, -0.2) is 24.6 Å². The molecule has 2 heterocycles. The van der Waals surface area contributed by atoms with E-state index in [0.29, 0.717) is 10.4 Å². The minimum atomic E-state index is -3.26. The lowest BCUT2D eigenvalue weighted by Crippen LogP contribution is -1.97. The molecule has 0 saturated heterocycles. The van der Waals surface area contributed by atoms with Crippen molar-refractivity contribution >= 4 is 47.7 Å². The van der Waals surface area contributed by atoms with Crippen LogP contribution in [0.25, 0.3) is 21.9 Å². The summed E-state index contributed by atoms with van der Waals surface area (Å²) in [5, 5.41) is 0.820. The molecule has 0 atom stereocenters. The molecule has 1 N–H and O–H groups in total. The van der Waals surface area contributed by atoms with Crippen molar-refractivity contribution in [2.24, 2.45) is 0 Å². The first-order valence-electron chi connectivity index (χ1n) is 5.23. The maximum Gasteiger partial charge on any atom is 0.177 e. The van der Waals surface area contributed by atoms with E-state index in [9.17, 15) is 8.42 Å². The van der Waals surface area contributed by atoms with Gasteiger partial charge in [0.25, 0.3) is 0 Å². The molecule has 0 aliphatic heterocycles. The van der Waals surface area contributed by atoms with Gasteiger partial charge >= 0.3 is 0 Å². The van der Waals surface area contributed by atoms with E-state index in [1.54, 1.807) is 18.3 Å². The second-order valence-electron chi connectivity index (χ2n) is 4.13. The van der Waals surface area contributed by atoms with Gasteiger partial charge in [0.15, 0.2) is 9.84 Å². The van der Waals surface area contributed by atoms with Crippen LogP contribution in [0.15, 0.2) is 39.8 Å². The summed E-state index contributed by atoms with van der Waals surface area (Å²) in [7, 11) is -3.26. The van der Waals surface area contributed by atoms with E-state index >= 15 is 0 Å². The average molecular weight is 325 g/mol. The summed E-state index contributed by atoms with van der Waals surface area (Å²) in [6, 6.07) is 7.08. The Hall–Kier alpha value is -1.40. The molecule has 0 spiro atoms. The van der Waals surface area contributed by atoms with Crippen LogP contribution >= 0.6 is 15.9 Å². The van der Waals surface area contributed by atoms with E-state index in [-0.39, 0.29) is 0 Å². The number of benzene rings is 1. The third-order valence-corrected chi connectivity index (χ3v) is 4.37. The second-order valence-corrected chi connectivity index (χ2v) is 7.03. The first-order valence-corrected chi connectivity index (χ1v) is 7.91. The molecule has 0 bridgehead atoms. The van der Waals surface area contributed by atoms with Crippen LogP contribution in [0.5, 0.6) is 0 Å². The third-order valence-electron chi connectivity index (χ3n) is 2.79. The number of aromatic nitrogens is 2. The summed E-state index contributed by atoms with van der Waals surface area (Å²) in [6.45, 7) is 0. The second kappa shape index (κ2) is 3.80. The highest BCUT2D eigenvalue weighted by atomic mass is 79.9. The summed E-state index contributed by atoms with van der Waals surface area (Å²) < 4.78 is 24.3. The molecule has 0 unspecified atom stereocenters. The van der Waals surface area contributed by atoms with Gasteiger partial charge in [0.2, 0.25) is 0 Å². The van der Waals surface area contributed by atoms with Crippen molar-refractivity contribution in [2.45, 2.75) is 4.90 Å². The Morgan fingerprint density at radius 2 is 2.11 bits per heavy atom. The van der Waals surface area contributed by atoms with Gasteiger partial charge in [0.05, 0.1) is 21.4 Å². The highest BCUT2D eigenvalue weighted by molar-refractivity contribution is 9.10. The Morgan fingerprint density at radius 3 is 2.83 bits per heavy atom. The van der Waals surface area contributed by atoms with Crippen LogP contribution < -0.4 is 0 Å². The molecule has 0 amide bonds. The number of halogens is 1. The molecule has 0 radical (unpaired) electrons. The molecule has 3 aromatic rings. The van der Waals surface area contributed by atoms with Gasteiger partial charge in [0, 0.05) is 22.3 Å². The number of hydrogen-bond acceptors (Lipinski definition) is 3. The predicted molar refractivity (Wildman–Crippen MR) is 74.4 cm³/mol. The van der Waals surface area contributed by atoms with E-state index in [4.69, 9.17) is 0 Å². The molecule has 2 aromatic heterocycles. The van der Waals surface area contributed by atoms with Gasteiger partial charge in [-0.05, 0) is 28.1 Å². The molecule has 0 aliphatic rings. The van der Waals surface area contributed by atoms with Crippen LogP contribution in [-0.2, 0) is 9.84 Å². The quantitative estimate of drug-likeness (QED) is 0.748. The number of para-hydroxylation sites is 1. The average Bonchev–Trinajstić information content (AvgIpc) is 2.64. The molecule has 6 heteroatoms. The van der Waals surface area contributed by atoms with Crippen molar-refractivity contribution in [1.29, 1.82) is 0 Å². The van der Waals surface area contributed by atoms with Crippen LogP contribution in [0.4, 0.5) is 0 Å². The van der Waals surface area contributed by atoms with Crippen LogP contribution in [0.1, 0.15) is 0 Å². The molecule has 0 aliphatic carbocycles. The number of nitrogens with zero attached hydrogens (tertiary/aromatic N) is 1. The number of aromatic amines is 1. The fourth-order valence-corrected chi connectivity index (χ4v) is 3.24. The van der Waals surface area contributed by atoms with E-state index in [0.717, 1.165) is 20.9 Å². The summed E-state index contributed by atoms with van der Waals surface area (Å²) in [5.74, 6) is 0. The molecule has 0 fully saturated rings.